The summed E-state index contributed by atoms with van der Waals surface area (Å²) in [5, 5.41) is 3.83. The highest BCUT2D eigenvalue weighted by molar-refractivity contribution is 5.54. The van der Waals surface area contributed by atoms with E-state index in [0.717, 1.165) is 0 Å². The van der Waals surface area contributed by atoms with E-state index in [2.05, 4.69) is 69.1 Å². The fourth-order valence-corrected chi connectivity index (χ4v) is 3.26. The molecule has 0 bridgehead atoms. The molecule has 2 rings (SSSR count). The lowest BCUT2D eigenvalue weighted by Crippen LogP contribution is -2.32. The maximum atomic E-state index is 3.83. The lowest BCUT2D eigenvalue weighted by atomic mass is 9.85. The monoisotopic (exact) mass is 288 g/mol. The molecule has 1 aromatic rings. The molecule has 1 heterocycles. The largest absolute Gasteiger partial charge is 0.382 e. The number of anilines is 1. The first-order valence-corrected chi connectivity index (χ1v) is 8.48. The summed E-state index contributed by atoms with van der Waals surface area (Å²) in [6.07, 6.45) is 3.83. The van der Waals surface area contributed by atoms with Crippen LogP contribution in [0.3, 0.4) is 0 Å². The minimum absolute atomic E-state index is 0.193. The Kier molecular flexibility index (Phi) is 5.32. The van der Waals surface area contributed by atoms with Gasteiger partial charge in [0.1, 0.15) is 0 Å². The number of nitrogens with zero attached hydrogens (tertiary/aromatic N) is 1. The minimum Gasteiger partial charge on any atom is -0.382 e. The Morgan fingerprint density at radius 1 is 1.10 bits per heavy atom. The third-order valence-corrected chi connectivity index (χ3v) is 4.59. The van der Waals surface area contributed by atoms with Crippen LogP contribution in [0.4, 0.5) is 5.69 Å². The molecular formula is C19H32N2. The molecule has 118 valence electrons. The van der Waals surface area contributed by atoms with Crippen molar-refractivity contribution < 1.29 is 0 Å². The van der Waals surface area contributed by atoms with Crippen molar-refractivity contribution in [1.29, 1.82) is 0 Å². The Bertz CT molecular complexity index is 445. The summed E-state index contributed by atoms with van der Waals surface area (Å²) in [5.74, 6) is 0. The standard InChI is InChI=1S/C19H32N2/c1-15(2)21-13-8-9-16(12-14-21)20-18-11-7-6-10-17(18)19(3,4)5/h6-7,10-11,15-16,20H,8-9,12-14H2,1-5H3. The number of likely N-dealkylation sites (tertiary alicyclic amines) is 1. The molecule has 0 radical (unpaired) electrons. The van der Waals surface area contributed by atoms with E-state index >= 15 is 0 Å². The fraction of sp³-hybridized carbons (Fsp3) is 0.684. The molecule has 1 aliphatic heterocycles. The van der Waals surface area contributed by atoms with E-state index in [1.807, 2.05) is 0 Å². The summed E-state index contributed by atoms with van der Waals surface area (Å²) in [6, 6.07) is 10.1. The average molecular weight is 288 g/mol. The van der Waals surface area contributed by atoms with E-state index in [9.17, 15) is 0 Å². The SMILES string of the molecule is CC(C)N1CCCC(Nc2ccccc2C(C)(C)C)CC1. The molecule has 0 aliphatic carbocycles. The van der Waals surface area contributed by atoms with E-state index in [1.165, 1.54) is 43.6 Å². The van der Waals surface area contributed by atoms with Crippen LogP contribution in [0.5, 0.6) is 0 Å². The van der Waals surface area contributed by atoms with Crippen molar-refractivity contribution in [3.8, 4) is 0 Å². The van der Waals surface area contributed by atoms with E-state index in [0.29, 0.717) is 12.1 Å². The van der Waals surface area contributed by atoms with Crippen LogP contribution < -0.4 is 5.32 Å². The van der Waals surface area contributed by atoms with Gasteiger partial charge >= 0.3 is 0 Å². The van der Waals surface area contributed by atoms with Crippen molar-refractivity contribution >= 4 is 5.69 Å². The molecule has 1 aliphatic rings. The Morgan fingerprint density at radius 2 is 1.81 bits per heavy atom. The molecule has 0 amide bonds. The van der Waals surface area contributed by atoms with E-state index < -0.39 is 0 Å². The van der Waals surface area contributed by atoms with Gasteiger partial charge in [0, 0.05) is 24.3 Å². The molecule has 1 fully saturated rings. The third kappa shape index (κ3) is 4.47. The Balaban J connectivity index is 2.05. The summed E-state index contributed by atoms with van der Waals surface area (Å²) in [4.78, 5) is 2.61. The highest BCUT2D eigenvalue weighted by atomic mass is 15.1. The molecule has 1 atom stereocenters. The second kappa shape index (κ2) is 6.83. The smallest absolute Gasteiger partial charge is 0.0380 e. The highest BCUT2D eigenvalue weighted by Gasteiger charge is 2.22. The van der Waals surface area contributed by atoms with Gasteiger partial charge in [-0.1, -0.05) is 39.0 Å². The van der Waals surface area contributed by atoms with Gasteiger partial charge in [-0.3, -0.25) is 0 Å². The molecule has 21 heavy (non-hydrogen) atoms. The summed E-state index contributed by atoms with van der Waals surface area (Å²) in [6.45, 7) is 14.0. The molecule has 2 nitrogen and oxygen atoms in total. The van der Waals surface area contributed by atoms with Gasteiger partial charge in [-0.15, -0.1) is 0 Å². The molecule has 0 spiro atoms. The van der Waals surface area contributed by atoms with Gasteiger partial charge in [0.25, 0.3) is 0 Å². The molecule has 0 saturated carbocycles. The number of hydrogen-bond acceptors (Lipinski definition) is 2. The molecule has 2 heteroatoms. The first-order chi connectivity index (χ1) is 9.88. The topological polar surface area (TPSA) is 15.3 Å². The average Bonchev–Trinajstić information content (AvgIpc) is 2.64. The number of hydrogen-bond donors (Lipinski definition) is 1. The van der Waals surface area contributed by atoms with Crippen LogP contribution in [0.1, 0.15) is 59.4 Å². The van der Waals surface area contributed by atoms with Gasteiger partial charge in [-0.25, -0.2) is 0 Å². The van der Waals surface area contributed by atoms with Gasteiger partial charge < -0.3 is 10.2 Å². The van der Waals surface area contributed by atoms with Crippen molar-refractivity contribution in [2.75, 3.05) is 18.4 Å². The number of rotatable bonds is 3. The molecule has 1 unspecified atom stereocenters. The van der Waals surface area contributed by atoms with Crippen LogP contribution in [0.15, 0.2) is 24.3 Å². The zero-order valence-electron chi connectivity index (χ0n) is 14.4. The van der Waals surface area contributed by atoms with Gasteiger partial charge in [0.15, 0.2) is 0 Å². The predicted molar refractivity (Wildman–Crippen MR) is 93.1 cm³/mol. The second-order valence-corrected chi connectivity index (χ2v) is 7.70. The minimum atomic E-state index is 0.193. The first kappa shape index (κ1) is 16.4. The zero-order chi connectivity index (χ0) is 15.5. The van der Waals surface area contributed by atoms with Crippen molar-refractivity contribution in [3.05, 3.63) is 29.8 Å². The maximum Gasteiger partial charge on any atom is 0.0380 e. The fourth-order valence-electron chi connectivity index (χ4n) is 3.26. The second-order valence-electron chi connectivity index (χ2n) is 7.70. The van der Waals surface area contributed by atoms with Crippen molar-refractivity contribution in [2.45, 2.75) is 71.4 Å². The van der Waals surface area contributed by atoms with E-state index in [4.69, 9.17) is 0 Å². The first-order valence-electron chi connectivity index (χ1n) is 8.48. The summed E-state index contributed by atoms with van der Waals surface area (Å²) in [5.41, 5.74) is 2.95. The van der Waals surface area contributed by atoms with Crippen LogP contribution in [0.2, 0.25) is 0 Å². The normalized spacial score (nSPS) is 21.3. The number of nitrogens with one attached hydrogen (secondary N) is 1. The molecular weight excluding hydrogens is 256 g/mol. The molecule has 1 saturated heterocycles. The highest BCUT2D eigenvalue weighted by Crippen LogP contribution is 2.30. The van der Waals surface area contributed by atoms with Crippen molar-refractivity contribution in [1.82, 2.24) is 4.90 Å². The number of para-hydroxylation sites is 1. The maximum absolute atomic E-state index is 3.83. The van der Waals surface area contributed by atoms with Crippen LogP contribution >= 0.6 is 0 Å². The van der Waals surface area contributed by atoms with Crippen LogP contribution in [0, 0.1) is 0 Å². The van der Waals surface area contributed by atoms with Crippen LogP contribution in [-0.4, -0.2) is 30.1 Å². The molecule has 1 aromatic carbocycles. The number of benzene rings is 1. The lowest BCUT2D eigenvalue weighted by molar-refractivity contribution is 0.230. The summed E-state index contributed by atoms with van der Waals surface area (Å²) < 4.78 is 0. The quantitative estimate of drug-likeness (QED) is 0.870. The van der Waals surface area contributed by atoms with Gasteiger partial charge in [-0.2, -0.15) is 0 Å². The van der Waals surface area contributed by atoms with Crippen LogP contribution in [-0.2, 0) is 5.41 Å². The molecule has 1 N–H and O–H groups in total. The Hall–Kier alpha value is -1.02. The molecule has 0 aromatic heterocycles. The van der Waals surface area contributed by atoms with Gasteiger partial charge in [0.2, 0.25) is 0 Å². The van der Waals surface area contributed by atoms with E-state index in [-0.39, 0.29) is 5.41 Å². The van der Waals surface area contributed by atoms with E-state index in [1.54, 1.807) is 0 Å². The zero-order valence-corrected chi connectivity index (χ0v) is 14.4. The van der Waals surface area contributed by atoms with Gasteiger partial charge in [-0.05, 0) is 56.7 Å². The van der Waals surface area contributed by atoms with Crippen LogP contribution in [0.25, 0.3) is 0 Å². The Morgan fingerprint density at radius 3 is 2.48 bits per heavy atom. The predicted octanol–water partition coefficient (Wildman–Crippen LogP) is 4.66. The Labute approximate surface area is 130 Å². The van der Waals surface area contributed by atoms with Crippen molar-refractivity contribution in [2.24, 2.45) is 0 Å². The third-order valence-electron chi connectivity index (χ3n) is 4.59. The lowest BCUT2D eigenvalue weighted by Gasteiger charge is -2.27. The summed E-state index contributed by atoms with van der Waals surface area (Å²) >= 11 is 0. The summed E-state index contributed by atoms with van der Waals surface area (Å²) in [7, 11) is 0. The van der Waals surface area contributed by atoms with Crippen molar-refractivity contribution in [3.63, 3.8) is 0 Å². The van der Waals surface area contributed by atoms with Gasteiger partial charge in [0.05, 0.1) is 0 Å².